The average Bonchev–Trinajstić information content (AvgIpc) is 3.22. The van der Waals surface area contributed by atoms with Gasteiger partial charge in [0.1, 0.15) is 16.2 Å². The summed E-state index contributed by atoms with van der Waals surface area (Å²) in [6.45, 7) is 1.86. The topological polar surface area (TPSA) is 54.5 Å². The first-order chi connectivity index (χ1) is 13.1. The molecule has 0 aliphatic carbocycles. The molecule has 0 aliphatic rings. The molecule has 4 aromatic rings. The maximum Gasteiger partial charge on any atom is 0.140 e. The maximum atomic E-state index is 9.67. The molecule has 0 saturated heterocycles. The number of aryl methyl sites for hydroxylation is 1. The van der Waals surface area contributed by atoms with Crippen LogP contribution in [0.15, 0.2) is 48.5 Å². The molecule has 2 aromatic heterocycles. The molecule has 0 atom stereocenters. The third kappa shape index (κ3) is 3.35. The third-order valence-electron chi connectivity index (χ3n) is 4.05. The van der Waals surface area contributed by atoms with Crippen LogP contribution in [0.4, 0.5) is 0 Å². The molecule has 7 heteroatoms. The van der Waals surface area contributed by atoms with Crippen LogP contribution < -0.4 is 0 Å². The number of nitriles is 1. The Morgan fingerprint density at radius 2 is 1.89 bits per heavy atom. The van der Waals surface area contributed by atoms with Crippen LogP contribution in [-0.4, -0.2) is 14.8 Å². The predicted molar refractivity (Wildman–Crippen MR) is 111 cm³/mol. The van der Waals surface area contributed by atoms with E-state index in [4.69, 9.17) is 23.2 Å². The number of fused-ring (bicyclic) bond motifs is 1. The van der Waals surface area contributed by atoms with Gasteiger partial charge in [-0.25, -0.2) is 9.67 Å². The van der Waals surface area contributed by atoms with Crippen molar-refractivity contribution in [3.05, 3.63) is 75.0 Å². The Balaban J connectivity index is 1.80. The minimum absolute atomic E-state index is 0.434. The van der Waals surface area contributed by atoms with E-state index in [0.717, 1.165) is 21.6 Å². The quantitative estimate of drug-likeness (QED) is 0.379. The molecule has 0 aliphatic heterocycles. The standard InChI is InChI=1S/C20H12Cl2N4S/c1-12-16(19(22)26(25-12)15-8-6-14(21)7-9-15)10-13(11-23)20-24-17-4-2-3-5-18(17)27-20/h2-10H,1H3/b13-10+. The van der Waals surface area contributed by atoms with Crippen molar-refractivity contribution in [2.75, 3.05) is 0 Å². The fraction of sp³-hybridized carbons (Fsp3) is 0.0500. The highest BCUT2D eigenvalue weighted by molar-refractivity contribution is 7.19. The summed E-state index contributed by atoms with van der Waals surface area (Å²) in [5.74, 6) is 0. The molecule has 0 unspecified atom stereocenters. The summed E-state index contributed by atoms with van der Waals surface area (Å²) >= 11 is 14.0. The number of hydrogen-bond acceptors (Lipinski definition) is 4. The maximum absolute atomic E-state index is 9.67. The van der Waals surface area contributed by atoms with Crippen molar-refractivity contribution in [3.63, 3.8) is 0 Å². The van der Waals surface area contributed by atoms with Crippen molar-refractivity contribution in [3.8, 4) is 11.8 Å². The second kappa shape index (κ2) is 7.16. The number of allylic oxidation sites excluding steroid dienone is 1. The van der Waals surface area contributed by atoms with E-state index in [-0.39, 0.29) is 0 Å². The van der Waals surface area contributed by atoms with Crippen molar-refractivity contribution in [1.82, 2.24) is 14.8 Å². The van der Waals surface area contributed by atoms with Crippen LogP contribution >= 0.6 is 34.5 Å². The molecule has 0 saturated carbocycles. The van der Waals surface area contributed by atoms with Gasteiger partial charge in [0.05, 0.1) is 27.2 Å². The van der Waals surface area contributed by atoms with E-state index in [2.05, 4.69) is 16.2 Å². The zero-order valence-corrected chi connectivity index (χ0v) is 16.5. The number of hydrogen-bond donors (Lipinski definition) is 0. The lowest BCUT2D eigenvalue weighted by Gasteiger charge is -2.03. The molecule has 0 fully saturated rings. The molecule has 132 valence electrons. The van der Waals surface area contributed by atoms with Crippen molar-refractivity contribution in [2.24, 2.45) is 0 Å². The van der Waals surface area contributed by atoms with Crippen molar-refractivity contribution < 1.29 is 0 Å². The van der Waals surface area contributed by atoms with Crippen LogP contribution in [0.3, 0.4) is 0 Å². The van der Waals surface area contributed by atoms with Gasteiger partial charge in [0.2, 0.25) is 0 Å². The Morgan fingerprint density at radius 1 is 1.15 bits per heavy atom. The molecular weight excluding hydrogens is 399 g/mol. The first-order valence-electron chi connectivity index (χ1n) is 8.05. The van der Waals surface area contributed by atoms with E-state index >= 15 is 0 Å². The van der Waals surface area contributed by atoms with Crippen molar-refractivity contribution >= 4 is 56.4 Å². The van der Waals surface area contributed by atoms with Gasteiger partial charge in [-0.15, -0.1) is 11.3 Å². The second-order valence-electron chi connectivity index (χ2n) is 5.83. The van der Waals surface area contributed by atoms with E-state index in [0.29, 0.717) is 26.3 Å². The Hall–Kier alpha value is -2.65. The van der Waals surface area contributed by atoms with E-state index in [9.17, 15) is 5.26 Å². The molecule has 0 N–H and O–H groups in total. The van der Waals surface area contributed by atoms with Crippen LogP contribution in [0.2, 0.25) is 10.2 Å². The average molecular weight is 411 g/mol. The lowest BCUT2D eigenvalue weighted by Crippen LogP contribution is -1.96. The van der Waals surface area contributed by atoms with Gasteiger partial charge in [-0.05, 0) is 49.4 Å². The molecule has 0 amide bonds. The minimum Gasteiger partial charge on any atom is -0.235 e. The van der Waals surface area contributed by atoms with Gasteiger partial charge in [-0.2, -0.15) is 10.4 Å². The summed E-state index contributed by atoms with van der Waals surface area (Å²) in [7, 11) is 0. The SMILES string of the molecule is Cc1nn(-c2ccc(Cl)cc2)c(Cl)c1/C=C(\C#N)c1nc2ccccc2s1. The highest BCUT2D eigenvalue weighted by atomic mass is 35.5. The summed E-state index contributed by atoms with van der Waals surface area (Å²) in [4.78, 5) is 4.56. The molecule has 0 bridgehead atoms. The molecular formula is C20H12Cl2N4S. The van der Waals surface area contributed by atoms with E-state index < -0.39 is 0 Å². The number of thiazole rings is 1. The molecule has 2 aromatic carbocycles. The lowest BCUT2D eigenvalue weighted by molar-refractivity contribution is 0.863. The monoisotopic (exact) mass is 410 g/mol. The van der Waals surface area contributed by atoms with Gasteiger partial charge in [0.15, 0.2) is 0 Å². The smallest absolute Gasteiger partial charge is 0.140 e. The summed E-state index contributed by atoms with van der Waals surface area (Å²) in [6.07, 6.45) is 1.74. The third-order valence-corrected chi connectivity index (χ3v) is 5.74. The molecule has 27 heavy (non-hydrogen) atoms. The predicted octanol–water partition coefficient (Wildman–Crippen LogP) is 6.16. The minimum atomic E-state index is 0.434. The first kappa shape index (κ1) is 17.7. The van der Waals surface area contributed by atoms with Crippen LogP contribution in [-0.2, 0) is 0 Å². The largest absolute Gasteiger partial charge is 0.235 e. The summed E-state index contributed by atoms with van der Waals surface area (Å²) < 4.78 is 2.67. The Kier molecular flexibility index (Phi) is 4.71. The number of benzene rings is 2. The van der Waals surface area contributed by atoms with Crippen LogP contribution in [0, 0.1) is 18.3 Å². The summed E-state index contributed by atoms with van der Waals surface area (Å²) in [5.41, 5.74) is 3.55. The number of para-hydroxylation sites is 1. The van der Waals surface area contributed by atoms with Crippen LogP contribution in [0.5, 0.6) is 0 Å². The van der Waals surface area contributed by atoms with Gasteiger partial charge >= 0.3 is 0 Å². The Morgan fingerprint density at radius 3 is 2.59 bits per heavy atom. The van der Waals surface area contributed by atoms with E-state index in [1.54, 1.807) is 22.9 Å². The summed E-state index contributed by atoms with van der Waals surface area (Å²) in [5, 5.41) is 15.9. The highest BCUT2D eigenvalue weighted by Crippen LogP contribution is 2.31. The summed E-state index contributed by atoms with van der Waals surface area (Å²) in [6, 6.07) is 17.3. The number of aromatic nitrogens is 3. The molecule has 4 nitrogen and oxygen atoms in total. The fourth-order valence-corrected chi connectivity index (χ4v) is 4.09. The van der Waals surface area contributed by atoms with Crippen LogP contribution in [0.1, 0.15) is 16.3 Å². The number of nitrogens with zero attached hydrogens (tertiary/aromatic N) is 4. The first-order valence-corrected chi connectivity index (χ1v) is 9.63. The zero-order valence-electron chi connectivity index (χ0n) is 14.1. The lowest BCUT2D eigenvalue weighted by atomic mass is 10.2. The molecule has 0 spiro atoms. The van der Waals surface area contributed by atoms with Crippen LogP contribution in [0.25, 0.3) is 27.6 Å². The van der Waals surface area contributed by atoms with Crippen molar-refractivity contribution in [2.45, 2.75) is 6.92 Å². The Labute approximate surface area is 169 Å². The molecule has 2 heterocycles. The number of rotatable bonds is 3. The Bertz CT molecular complexity index is 1180. The molecule has 0 radical (unpaired) electrons. The van der Waals surface area contributed by atoms with Gasteiger partial charge in [-0.3, -0.25) is 0 Å². The van der Waals surface area contributed by atoms with Gasteiger partial charge in [0, 0.05) is 10.6 Å². The zero-order chi connectivity index (χ0) is 19.0. The van der Waals surface area contributed by atoms with E-state index in [1.165, 1.54) is 11.3 Å². The van der Waals surface area contributed by atoms with E-state index in [1.807, 2.05) is 43.3 Å². The second-order valence-corrected chi connectivity index (χ2v) is 7.66. The highest BCUT2D eigenvalue weighted by Gasteiger charge is 2.16. The van der Waals surface area contributed by atoms with Crippen molar-refractivity contribution in [1.29, 1.82) is 5.26 Å². The number of halogens is 2. The fourth-order valence-electron chi connectivity index (χ4n) is 2.70. The van der Waals surface area contributed by atoms with Gasteiger partial charge < -0.3 is 0 Å². The van der Waals surface area contributed by atoms with Gasteiger partial charge in [-0.1, -0.05) is 35.3 Å². The normalized spacial score (nSPS) is 11.7. The molecule has 4 rings (SSSR count). The van der Waals surface area contributed by atoms with Gasteiger partial charge in [0.25, 0.3) is 0 Å².